The molecular formula is C30H22F5N7O3S. The van der Waals surface area contributed by atoms with Gasteiger partial charge in [0.1, 0.15) is 12.1 Å². The zero-order chi connectivity index (χ0) is 32.8. The number of amidine groups is 1. The van der Waals surface area contributed by atoms with Gasteiger partial charge in [-0.2, -0.15) is 26.9 Å². The number of rotatable bonds is 6. The largest absolute Gasteiger partial charge is 0.499 e. The summed E-state index contributed by atoms with van der Waals surface area (Å²) in [4.78, 5) is 35.6. The molecule has 1 N–H and O–H groups in total. The number of aromatic nitrogens is 4. The summed E-state index contributed by atoms with van der Waals surface area (Å²) in [6.07, 6.45) is -7.95. The minimum absolute atomic E-state index is 0.147. The Kier molecular flexibility index (Phi) is 7.75. The highest BCUT2D eigenvalue weighted by Crippen LogP contribution is 2.37. The number of fused-ring (bicyclic) bond motifs is 1. The number of anilines is 2. The molecule has 1 aliphatic rings. The van der Waals surface area contributed by atoms with Gasteiger partial charge in [0.2, 0.25) is 5.91 Å². The Hall–Kier alpha value is -5.25. The lowest BCUT2D eigenvalue weighted by atomic mass is 10.1. The fourth-order valence-electron chi connectivity index (χ4n) is 4.73. The second-order valence-corrected chi connectivity index (χ2v) is 11.1. The van der Waals surface area contributed by atoms with Crippen molar-refractivity contribution in [2.45, 2.75) is 19.2 Å². The minimum atomic E-state index is -5.86. The fourth-order valence-corrected chi connectivity index (χ4v) is 5.59. The number of hydrogen-bond donors (Lipinski definition) is 1. The molecule has 46 heavy (non-hydrogen) atoms. The Balaban J connectivity index is 1.15. The number of amides is 3. The topological polar surface area (TPSA) is 107 Å². The lowest BCUT2D eigenvalue weighted by molar-refractivity contribution is -0.360. The van der Waals surface area contributed by atoms with Crippen LogP contribution in [0.25, 0.3) is 28.0 Å². The third-order valence-corrected chi connectivity index (χ3v) is 7.93. The van der Waals surface area contributed by atoms with Crippen LogP contribution in [-0.2, 0) is 11.8 Å². The van der Waals surface area contributed by atoms with Gasteiger partial charge in [0.25, 0.3) is 0 Å². The number of aryl methyl sites for hydroxylation is 2. The van der Waals surface area contributed by atoms with E-state index in [1.165, 1.54) is 39.8 Å². The molecule has 0 aliphatic carbocycles. The molecule has 5 aromatic rings. The molecule has 6 rings (SSSR count). The molecule has 1 fully saturated rings. The quantitative estimate of drug-likeness (QED) is 0.199. The summed E-state index contributed by atoms with van der Waals surface area (Å²) in [5, 5.41) is 8.20. The third kappa shape index (κ3) is 5.90. The lowest BCUT2D eigenvalue weighted by Gasteiger charge is -2.20. The molecule has 236 valence electrons. The van der Waals surface area contributed by atoms with E-state index in [1.807, 2.05) is 36.0 Å². The molecule has 1 saturated heterocycles. The van der Waals surface area contributed by atoms with Crippen LogP contribution in [0, 0.1) is 6.92 Å². The molecule has 0 bridgehead atoms. The summed E-state index contributed by atoms with van der Waals surface area (Å²) in [5.74, 6) is -0.428. The van der Waals surface area contributed by atoms with Gasteiger partial charge in [-0.3, -0.25) is 9.69 Å². The summed E-state index contributed by atoms with van der Waals surface area (Å²) in [5.41, 5.74) is 3.62. The van der Waals surface area contributed by atoms with E-state index in [-0.39, 0.29) is 22.7 Å². The lowest BCUT2D eigenvalue weighted by Crippen LogP contribution is -2.41. The van der Waals surface area contributed by atoms with E-state index in [0.29, 0.717) is 28.2 Å². The Morgan fingerprint density at radius 3 is 2.52 bits per heavy atom. The summed E-state index contributed by atoms with van der Waals surface area (Å²) in [6.45, 7) is 1.76. The smallest absolute Gasteiger partial charge is 0.426 e. The SMILES string of the molecule is Cc1cc(-c2ncn(-c3ccc(OC(F)(F)C(F)(F)F)cc3)n2)ccc1NC(=O)/N=C1\SCC(=O)N1c1cccc2c1ccn2C. The van der Waals surface area contributed by atoms with Crippen LogP contribution in [0.3, 0.4) is 0 Å². The average Bonchev–Trinajstić information content (AvgIpc) is 3.73. The van der Waals surface area contributed by atoms with Crippen molar-refractivity contribution in [3.8, 4) is 22.8 Å². The number of benzene rings is 3. The van der Waals surface area contributed by atoms with Gasteiger partial charge in [-0.25, -0.2) is 14.5 Å². The van der Waals surface area contributed by atoms with Crippen LogP contribution < -0.4 is 15.0 Å². The molecule has 3 amide bonds. The standard InChI is InChI=1S/C30H22F5N7O3S/c1-17-14-18(26-36-16-41(39-26)19-7-9-20(10-8-19)45-30(34,35)29(31,32)33)6-11-22(17)37-27(44)38-28-42(25(43)15-46-28)24-5-3-4-23-21(24)12-13-40(23)2/h3-14,16H,15H2,1-2H3,(H,37,44)/b38-28-. The van der Waals surface area contributed by atoms with Crippen LogP contribution in [0.15, 0.2) is 84.2 Å². The fraction of sp³-hybridized carbons (Fsp3) is 0.167. The van der Waals surface area contributed by atoms with E-state index in [2.05, 4.69) is 25.1 Å². The first-order chi connectivity index (χ1) is 21.8. The van der Waals surface area contributed by atoms with E-state index < -0.39 is 24.1 Å². The van der Waals surface area contributed by atoms with E-state index in [9.17, 15) is 31.5 Å². The number of carbonyl (C=O) groups is 2. The van der Waals surface area contributed by atoms with Crippen molar-refractivity contribution in [3.05, 3.63) is 84.8 Å². The van der Waals surface area contributed by atoms with Crippen molar-refractivity contribution in [3.63, 3.8) is 0 Å². The van der Waals surface area contributed by atoms with E-state index in [0.717, 1.165) is 23.0 Å². The molecule has 0 saturated carbocycles. The number of hydrogen-bond acceptors (Lipinski definition) is 6. The number of thioether (sulfide) groups is 1. The van der Waals surface area contributed by atoms with Crippen molar-refractivity contribution >= 4 is 51.1 Å². The molecular weight excluding hydrogens is 633 g/mol. The van der Waals surface area contributed by atoms with Crippen LogP contribution in [0.1, 0.15) is 5.56 Å². The highest BCUT2D eigenvalue weighted by molar-refractivity contribution is 8.15. The number of nitrogens with zero attached hydrogens (tertiary/aromatic N) is 6. The van der Waals surface area contributed by atoms with E-state index >= 15 is 0 Å². The molecule has 0 spiro atoms. The van der Waals surface area contributed by atoms with Gasteiger partial charge in [0, 0.05) is 35.4 Å². The summed E-state index contributed by atoms with van der Waals surface area (Å²) in [7, 11) is 1.90. The van der Waals surface area contributed by atoms with Gasteiger partial charge in [0.05, 0.1) is 17.1 Å². The Bertz CT molecular complexity index is 2000. The number of alkyl halides is 5. The number of halogens is 5. The Labute approximate surface area is 261 Å². The third-order valence-electron chi connectivity index (χ3n) is 7.00. The second-order valence-electron chi connectivity index (χ2n) is 10.1. The number of ether oxygens (including phenoxy) is 1. The predicted octanol–water partition coefficient (Wildman–Crippen LogP) is 6.94. The normalized spacial score (nSPS) is 14.8. The van der Waals surface area contributed by atoms with Crippen molar-refractivity contribution in [1.82, 2.24) is 19.3 Å². The first-order valence-electron chi connectivity index (χ1n) is 13.5. The van der Waals surface area contributed by atoms with Gasteiger partial charge in [-0.15, -0.1) is 5.10 Å². The maximum Gasteiger partial charge on any atom is 0.499 e. The van der Waals surface area contributed by atoms with Crippen LogP contribution in [0.5, 0.6) is 5.75 Å². The molecule has 3 aromatic carbocycles. The minimum Gasteiger partial charge on any atom is -0.426 e. The molecule has 0 unspecified atom stereocenters. The number of aliphatic imine (C=N–C) groups is 1. The van der Waals surface area contributed by atoms with Gasteiger partial charge < -0.3 is 14.6 Å². The highest BCUT2D eigenvalue weighted by Gasteiger charge is 2.61. The van der Waals surface area contributed by atoms with Crippen molar-refractivity contribution in [2.75, 3.05) is 16.0 Å². The second kappa shape index (κ2) is 11.6. The molecule has 10 nitrogen and oxygen atoms in total. The number of urea groups is 1. The first-order valence-corrected chi connectivity index (χ1v) is 14.5. The summed E-state index contributed by atoms with van der Waals surface area (Å²) < 4.78 is 70.6. The summed E-state index contributed by atoms with van der Waals surface area (Å²) in [6, 6.07) is 16.3. The van der Waals surface area contributed by atoms with Crippen molar-refractivity contribution in [2.24, 2.45) is 12.0 Å². The van der Waals surface area contributed by atoms with E-state index in [1.54, 1.807) is 31.2 Å². The Morgan fingerprint density at radius 2 is 1.80 bits per heavy atom. The number of nitrogens with one attached hydrogen (secondary N) is 1. The van der Waals surface area contributed by atoms with Crippen LogP contribution >= 0.6 is 11.8 Å². The van der Waals surface area contributed by atoms with Crippen molar-refractivity contribution in [1.29, 1.82) is 0 Å². The average molecular weight is 656 g/mol. The molecule has 0 atom stereocenters. The van der Waals surface area contributed by atoms with Gasteiger partial charge in [-0.1, -0.05) is 17.8 Å². The molecule has 2 aromatic heterocycles. The highest BCUT2D eigenvalue weighted by atomic mass is 32.2. The van der Waals surface area contributed by atoms with Crippen LogP contribution in [0.2, 0.25) is 0 Å². The zero-order valence-electron chi connectivity index (χ0n) is 23.9. The van der Waals surface area contributed by atoms with Gasteiger partial charge in [-0.05, 0) is 73.2 Å². The van der Waals surface area contributed by atoms with Crippen LogP contribution in [0.4, 0.5) is 38.1 Å². The van der Waals surface area contributed by atoms with Crippen LogP contribution in [-0.4, -0.2) is 54.5 Å². The monoisotopic (exact) mass is 655 g/mol. The maximum absolute atomic E-state index is 13.2. The zero-order valence-corrected chi connectivity index (χ0v) is 24.7. The Morgan fingerprint density at radius 1 is 1.04 bits per heavy atom. The van der Waals surface area contributed by atoms with E-state index in [4.69, 9.17) is 0 Å². The number of carbonyl (C=O) groups excluding carboxylic acids is 2. The molecule has 3 heterocycles. The predicted molar refractivity (Wildman–Crippen MR) is 162 cm³/mol. The van der Waals surface area contributed by atoms with Gasteiger partial charge >= 0.3 is 18.3 Å². The molecule has 0 radical (unpaired) electrons. The first kappa shape index (κ1) is 30.8. The molecule has 1 aliphatic heterocycles. The van der Waals surface area contributed by atoms with Gasteiger partial charge in [0.15, 0.2) is 11.0 Å². The molecule has 16 heteroatoms. The van der Waals surface area contributed by atoms with Crippen molar-refractivity contribution < 1.29 is 36.3 Å². The summed E-state index contributed by atoms with van der Waals surface area (Å²) >= 11 is 1.17. The maximum atomic E-state index is 13.2.